The number of aliphatic hydroxyl groups is 1. The van der Waals surface area contributed by atoms with Crippen LogP contribution in [0.15, 0.2) is 21.3 Å². The Labute approximate surface area is 111 Å². The van der Waals surface area contributed by atoms with Gasteiger partial charge in [0.05, 0.1) is 24.4 Å². The largest absolute Gasteiger partial charge is 0.388 e. The minimum absolute atomic E-state index is 0.0430. The second kappa shape index (κ2) is 4.85. The van der Waals surface area contributed by atoms with Gasteiger partial charge in [0.15, 0.2) is 5.17 Å². The molecule has 0 spiro atoms. The van der Waals surface area contributed by atoms with Crippen LogP contribution in [0.2, 0.25) is 0 Å². The number of aliphatic imine (C=N–C) groups is 2. The predicted molar refractivity (Wildman–Crippen MR) is 74.0 cm³/mol. The Morgan fingerprint density at radius 2 is 2.28 bits per heavy atom. The number of hydrogen-bond donors (Lipinski definition) is 1. The third kappa shape index (κ3) is 2.64. The van der Waals surface area contributed by atoms with E-state index in [1.807, 2.05) is 6.26 Å². The van der Waals surface area contributed by atoms with Crippen molar-refractivity contribution in [1.82, 2.24) is 4.90 Å². The van der Waals surface area contributed by atoms with Crippen molar-refractivity contribution >= 4 is 29.6 Å². The first-order chi connectivity index (χ1) is 8.49. The molecule has 0 saturated heterocycles. The number of amides is 1. The summed E-state index contributed by atoms with van der Waals surface area (Å²) in [5, 5.41) is 10.4. The van der Waals surface area contributed by atoms with E-state index in [-0.39, 0.29) is 5.91 Å². The third-order valence-corrected chi connectivity index (χ3v) is 3.83. The number of carbonyl (C=O) groups is 1. The van der Waals surface area contributed by atoms with Crippen molar-refractivity contribution in [2.45, 2.75) is 25.4 Å². The highest BCUT2D eigenvalue weighted by Gasteiger charge is 2.44. The number of rotatable bonds is 3. The Kier molecular flexibility index (Phi) is 3.59. The Balaban J connectivity index is 2.11. The lowest BCUT2D eigenvalue weighted by molar-refractivity contribution is -0.127. The van der Waals surface area contributed by atoms with Gasteiger partial charge in [0.1, 0.15) is 0 Å². The van der Waals surface area contributed by atoms with Gasteiger partial charge in [-0.2, -0.15) is 0 Å². The molecule has 0 aromatic heterocycles. The van der Waals surface area contributed by atoms with E-state index in [0.717, 1.165) is 18.5 Å². The molecule has 1 N–H and O–H groups in total. The first-order valence-electron chi connectivity index (χ1n) is 5.80. The van der Waals surface area contributed by atoms with Crippen molar-refractivity contribution in [2.24, 2.45) is 9.98 Å². The molecular formula is C12H17N3O2S. The number of hydrogen-bond acceptors (Lipinski definition) is 4. The summed E-state index contributed by atoms with van der Waals surface area (Å²) >= 11 is 1.39. The molecule has 6 heteroatoms. The molecule has 1 fully saturated rings. The Bertz CT molecular complexity index is 452. The first kappa shape index (κ1) is 13.3. The zero-order valence-corrected chi connectivity index (χ0v) is 11.5. The lowest BCUT2D eigenvalue weighted by Gasteiger charge is -2.19. The first-order valence-corrected chi connectivity index (χ1v) is 7.02. The maximum absolute atomic E-state index is 12.0. The van der Waals surface area contributed by atoms with E-state index < -0.39 is 5.60 Å². The second-order valence-corrected chi connectivity index (χ2v) is 5.49. The molecule has 5 nitrogen and oxygen atoms in total. The standard InChI is InChI=1S/C12H17N3O2S/c1-8-9(14-11(13-2)18-3)6-15(10(8)16)7-12(17)4-5-12/h17H,2,4-7H2,1,3H3/b14-11+. The van der Waals surface area contributed by atoms with Gasteiger partial charge in [0.2, 0.25) is 0 Å². The van der Waals surface area contributed by atoms with E-state index in [0.29, 0.717) is 23.8 Å². The molecule has 0 atom stereocenters. The highest BCUT2D eigenvalue weighted by atomic mass is 32.2. The van der Waals surface area contributed by atoms with Gasteiger partial charge in [0.25, 0.3) is 5.91 Å². The Morgan fingerprint density at radius 3 is 2.78 bits per heavy atom. The SMILES string of the molecule is C=N/C(=N\C1=C(C)C(=O)N(CC2(O)CC2)C1)SC. The molecule has 1 aliphatic carbocycles. The van der Waals surface area contributed by atoms with Crippen molar-refractivity contribution in [3.05, 3.63) is 11.3 Å². The van der Waals surface area contributed by atoms with Crippen molar-refractivity contribution in [3.8, 4) is 0 Å². The number of nitrogens with zero attached hydrogens (tertiary/aromatic N) is 3. The molecule has 1 heterocycles. The summed E-state index contributed by atoms with van der Waals surface area (Å²) in [7, 11) is 0. The predicted octanol–water partition coefficient (Wildman–Crippen LogP) is 1.05. The molecule has 0 aromatic carbocycles. The fourth-order valence-corrected chi connectivity index (χ4v) is 2.23. The molecule has 0 unspecified atom stereocenters. The van der Waals surface area contributed by atoms with Crippen LogP contribution in [-0.4, -0.2) is 52.7 Å². The maximum atomic E-state index is 12.0. The quantitative estimate of drug-likeness (QED) is 0.614. The van der Waals surface area contributed by atoms with Gasteiger partial charge < -0.3 is 10.0 Å². The normalized spacial score (nSPS) is 22.7. The van der Waals surface area contributed by atoms with Crippen molar-refractivity contribution in [3.63, 3.8) is 0 Å². The second-order valence-electron chi connectivity index (χ2n) is 4.71. The van der Waals surface area contributed by atoms with Gasteiger partial charge >= 0.3 is 0 Å². The fourth-order valence-electron chi connectivity index (χ4n) is 1.90. The molecule has 2 rings (SSSR count). The molecule has 2 aliphatic rings. The summed E-state index contributed by atoms with van der Waals surface area (Å²) in [6.45, 7) is 6.06. The van der Waals surface area contributed by atoms with Gasteiger partial charge in [0, 0.05) is 5.57 Å². The van der Waals surface area contributed by atoms with Crippen molar-refractivity contribution in [1.29, 1.82) is 0 Å². The van der Waals surface area contributed by atoms with Gasteiger partial charge in [-0.1, -0.05) is 11.8 Å². The van der Waals surface area contributed by atoms with Crippen LogP contribution in [0.25, 0.3) is 0 Å². The summed E-state index contributed by atoms with van der Waals surface area (Å²) in [6, 6.07) is 0. The van der Waals surface area contributed by atoms with Crippen LogP contribution in [0, 0.1) is 0 Å². The Hall–Kier alpha value is -1.14. The van der Waals surface area contributed by atoms with E-state index in [4.69, 9.17) is 0 Å². The lowest BCUT2D eigenvalue weighted by Crippen LogP contribution is -2.35. The van der Waals surface area contributed by atoms with E-state index in [1.165, 1.54) is 11.8 Å². The molecular weight excluding hydrogens is 250 g/mol. The number of carbonyl (C=O) groups excluding carboxylic acids is 1. The molecule has 0 bridgehead atoms. The minimum atomic E-state index is -0.659. The van der Waals surface area contributed by atoms with Crippen LogP contribution in [0.5, 0.6) is 0 Å². The van der Waals surface area contributed by atoms with Gasteiger partial charge in [-0.15, -0.1) is 0 Å². The van der Waals surface area contributed by atoms with E-state index in [1.54, 1.807) is 11.8 Å². The van der Waals surface area contributed by atoms with Crippen molar-refractivity contribution in [2.75, 3.05) is 19.3 Å². The summed E-state index contributed by atoms with van der Waals surface area (Å²) in [5.41, 5.74) is 0.698. The average Bonchev–Trinajstić information content (AvgIpc) is 3.03. The van der Waals surface area contributed by atoms with Crippen LogP contribution in [-0.2, 0) is 4.79 Å². The maximum Gasteiger partial charge on any atom is 0.251 e. The van der Waals surface area contributed by atoms with Crippen LogP contribution in [0.3, 0.4) is 0 Å². The van der Waals surface area contributed by atoms with Gasteiger partial charge in [-0.05, 0) is 32.7 Å². The lowest BCUT2D eigenvalue weighted by atomic mass is 10.3. The van der Waals surface area contributed by atoms with Crippen LogP contribution in [0.4, 0.5) is 0 Å². The molecule has 18 heavy (non-hydrogen) atoms. The number of thioether (sulfide) groups is 1. The summed E-state index contributed by atoms with van der Waals surface area (Å²) in [6.07, 6.45) is 3.42. The molecule has 1 amide bonds. The molecule has 0 radical (unpaired) electrons. The highest BCUT2D eigenvalue weighted by molar-refractivity contribution is 8.13. The zero-order valence-electron chi connectivity index (χ0n) is 10.6. The van der Waals surface area contributed by atoms with Crippen molar-refractivity contribution < 1.29 is 9.90 Å². The van der Waals surface area contributed by atoms with Crippen LogP contribution < -0.4 is 0 Å². The highest BCUT2D eigenvalue weighted by Crippen LogP contribution is 2.37. The number of β-amino-alcohol motifs (C(OH)–C–C–N with tert-alkyl or cyclic N) is 1. The molecule has 1 saturated carbocycles. The van der Waals surface area contributed by atoms with E-state index in [2.05, 4.69) is 16.7 Å². The topological polar surface area (TPSA) is 65.3 Å². The Morgan fingerprint density at radius 1 is 1.61 bits per heavy atom. The average molecular weight is 267 g/mol. The summed E-state index contributed by atoms with van der Waals surface area (Å²) < 4.78 is 0. The summed E-state index contributed by atoms with van der Waals surface area (Å²) in [4.78, 5) is 21.8. The zero-order chi connectivity index (χ0) is 13.3. The minimum Gasteiger partial charge on any atom is -0.388 e. The molecule has 1 aliphatic heterocycles. The molecule has 98 valence electrons. The van der Waals surface area contributed by atoms with E-state index >= 15 is 0 Å². The molecule has 0 aromatic rings. The van der Waals surface area contributed by atoms with Crippen LogP contribution >= 0.6 is 11.8 Å². The summed E-state index contributed by atoms with van der Waals surface area (Å²) in [5.74, 6) is -0.0430. The van der Waals surface area contributed by atoms with E-state index in [9.17, 15) is 9.90 Å². The smallest absolute Gasteiger partial charge is 0.251 e. The van der Waals surface area contributed by atoms with Gasteiger partial charge in [-0.3, -0.25) is 4.79 Å². The van der Waals surface area contributed by atoms with Crippen LogP contribution in [0.1, 0.15) is 19.8 Å². The number of amidine groups is 1. The van der Waals surface area contributed by atoms with Gasteiger partial charge in [-0.25, -0.2) is 9.98 Å². The monoisotopic (exact) mass is 267 g/mol. The third-order valence-electron chi connectivity index (χ3n) is 3.24. The fraction of sp³-hybridized carbons (Fsp3) is 0.583.